The molecule has 0 aliphatic heterocycles. The van der Waals surface area contributed by atoms with Crippen LogP contribution < -0.4 is 5.73 Å². The van der Waals surface area contributed by atoms with Crippen molar-refractivity contribution in [3.8, 4) is 0 Å². The molecule has 0 amide bonds. The normalized spacial score (nSPS) is 15.2. The largest absolute Gasteiger partial charge is 0.325 e. The fourth-order valence-electron chi connectivity index (χ4n) is 1.24. The molecule has 1 nitrogen and oxygen atoms in total. The topological polar surface area (TPSA) is 26.0 Å². The quantitative estimate of drug-likeness (QED) is 0.824. The minimum atomic E-state index is -0.322. The average Bonchev–Trinajstić information content (AvgIpc) is 2.11. The van der Waals surface area contributed by atoms with Crippen molar-refractivity contribution in [2.24, 2.45) is 5.73 Å². The molecule has 1 rings (SSSR count). The molecule has 78 valence electrons. The van der Waals surface area contributed by atoms with Crippen molar-refractivity contribution < 1.29 is 4.39 Å². The van der Waals surface area contributed by atoms with E-state index in [1.807, 2.05) is 13.8 Å². The zero-order valence-corrected chi connectivity index (χ0v) is 9.24. The van der Waals surface area contributed by atoms with Gasteiger partial charge >= 0.3 is 0 Å². The van der Waals surface area contributed by atoms with E-state index in [-0.39, 0.29) is 11.4 Å². The van der Waals surface area contributed by atoms with E-state index in [0.717, 1.165) is 12.0 Å². The third kappa shape index (κ3) is 2.96. The van der Waals surface area contributed by atoms with Gasteiger partial charge in [-0.2, -0.15) is 0 Å². The van der Waals surface area contributed by atoms with Gasteiger partial charge in [0.1, 0.15) is 5.82 Å². The number of rotatable bonds is 3. The smallest absolute Gasteiger partial charge is 0.123 e. The summed E-state index contributed by atoms with van der Waals surface area (Å²) in [5, 5.41) is 0.580. The van der Waals surface area contributed by atoms with Crippen molar-refractivity contribution in [3.05, 3.63) is 34.6 Å². The lowest BCUT2D eigenvalue weighted by Crippen LogP contribution is -2.37. The predicted octanol–water partition coefficient (Wildman–Crippen LogP) is 3.15. The molecule has 0 fully saturated rings. The van der Waals surface area contributed by atoms with E-state index in [1.165, 1.54) is 12.1 Å². The first-order chi connectivity index (χ1) is 6.44. The van der Waals surface area contributed by atoms with Crippen LogP contribution in [-0.2, 0) is 6.42 Å². The molecule has 0 saturated carbocycles. The monoisotopic (exact) mass is 215 g/mol. The van der Waals surface area contributed by atoms with E-state index in [4.69, 9.17) is 17.3 Å². The van der Waals surface area contributed by atoms with Gasteiger partial charge in [-0.15, -0.1) is 0 Å². The maximum atomic E-state index is 12.9. The molecular weight excluding hydrogens is 201 g/mol. The summed E-state index contributed by atoms with van der Waals surface area (Å²) in [4.78, 5) is 0. The molecule has 0 aliphatic carbocycles. The molecule has 0 saturated heterocycles. The van der Waals surface area contributed by atoms with Crippen LogP contribution >= 0.6 is 11.6 Å². The van der Waals surface area contributed by atoms with E-state index < -0.39 is 0 Å². The van der Waals surface area contributed by atoms with Gasteiger partial charge in [0, 0.05) is 10.6 Å². The Balaban J connectivity index is 2.91. The first-order valence-electron chi connectivity index (χ1n) is 4.67. The number of nitrogens with two attached hydrogens (primary N) is 1. The van der Waals surface area contributed by atoms with Gasteiger partial charge in [0.05, 0.1) is 0 Å². The van der Waals surface area contributed by atoms with Crippen LogP contribution in [0.4, 0.5) is 4.39 Å². The third-order valence-electron chi connectivity index (χ3n) is 2.41. The first kappa shape index (κ1) is 11.5. The van der Waals surface area contributed by atoms with Crippen molar-refractivity contribution in [2.75, 3.05) is 0 Å². The molecule has 1 atom stereocenters. The summed E-state index contributed by atoms with van der Waals surface area (Å²) in [6.07, 6.45) is 1.43. The summed E-state index contributed by atoms with van der Waals surface area (Å²) < 4.78 is 12.9. The third-order valence-corrected chi connectivity index (χ3v) is 2.78. The van der Waals surface area contributed by atoms with Crippen molar-refractivity contribution in [1.29, 1.82) is 0 Å². The number of hydrogen-bond acceptors (Lipinski definition) is 1. The van der Waals surface area contributed by atoms with Crippen LogP contribution in [-0.4, -0.2) is 5.54 Å². The second-order valence-electron chi connectivity index (χ2n) is 3.92. The Labute approximate surface area is 89.1 Å². The molecule has 0 bridgehead atoms. The Hall–Kier alpha value is -0.600. The second-order valence-corrected chi connectivity index (χ2v) is 4.33. The molecule has 1 unspecified atom stereocenters. The highest BCUT2D eigenvalue weighted by Gasteiger charge is 2.18. The van der Waals surface area contributed by atoms with Crippen LogP contribution in [0.3, 0.4) is 0 Å². The Bertz CT molecular complexity index is 323. The standard InChI is InChI=1S/C11H15ClFN/c1-3-11(2,14)7-8-6-9(13)4-5-10(8)12/h4-6H,3,7,14H2,1-2H3. The van der Waals surface area contributed by atoms with Gasteiger partial charge in [-0.25, -0.2) is 4.39 Å². The van der Waals surface area contributed by atoms with Gasteiger partial charge in [0.2, 0.25) is 0 Å². The van der Waals surface area contributed by atoms with Gasteiger partial charge in [0.25, 0.3) is 0 Å². The van der Waals surface area contributed by atoms with Crippen molar-refractivity contribution in [3.63, 3.8) is 0 Å². The lowest BCUT2D eigenvalue weighted by atomic mass is 9.91. The second kappa shape index (κ2) is 4.28. The van der Waals surface area contributed by atoms with E-state index >= 15 is 0 Å². The van der Waals surface area contributed by atoms with Crippen LogP contribution in [0.2, 0.25) is 5.02 Å². The van der Waals surface area contributed by atoms with Crippen molar-refractivity contribution in [1.82, 2.24) is 0 Å². The SMILES string of the molecule is CCC(C)(N)Cc1cc(F)ccc1Cl. The van der Waals surface area contributed by atoms with Crippen LogP contribution in [0.1, 0.15) is 25.8 Å². The van der Waals surface area contributed by atoms with Gasteiger partial charge in [-0.3, -0.25) is 0 Å². The molecule has 2 N–H and O–H groups in total. The predicted molar refractivity (Wildman–Crippen MR) is 58.0 cm³/mol. The highest BCUT2D eigenvalue weighted by atomic mass is 35.5. The summed E-state index contributed by atoms with van der Waals surface area (Å²) in [6, 6.07) is 4.37. The maximum absolute atomic E-state index is 12.9. The number of halogens is 2. The minimum Gasteiger partial charge on any atom is -0.325 e. The zero-order valence-electron chi connectivity index (χ0n) is 8.48. The Kier molecular flexibility index (Phi) is 3.51. The van der Waals surface area contributed by atoms with E-state index in [0.29, 0.717) is 11.4 Å². The van der Waals surface area contributed by atoms with Crippen LogP contribution in [0, 0.1) is 5.82 Å². The molecule has 0 spiro atoms. The molecule has 0 heterocycles. The van der Waals surface area contributed by atoms with Crippen LogP contribution in [0.25, 0.3) is 0 Å². The Morgan fingerprint density at radius 3 is 2.71 bits per heavy atom. The molecule has 14 heavy (non-hydrogen) atoms. The summed E-state index contributed by atoms with van der Waals surface area (Å²) in [5.74, 6) is -0.267. The maximum Gasteiger partial charge on any atom is 0.123 e. The fourth-order valence-corrected chi connectivity index (χ4v) is 1.42. The van der Waals surface area contributed by atoms with Gasteiger partial charge in [-0.05, 0) is 43.5 Å². The molecule has 1 aromatic rings. The van der Waals surface area contributed by atoms with E-state index in [2.05, 4.69) is 0 Å². The highest BCUT2D eigenvalue weighted by Crippen LogP contribution is 2.22. The van der Waals surface area contributed by atoms with Gasteiger partial charge < -0.3 is 5.73 Å². The summed E-state index contributed by atoms with van der Waals surface area (Å²) in [6.45, 7) is 3.95. The summed E-state index contributed by atoms with van der Waals surface area (Å²) in [5.41, 5.74) is 6.44. The van der Waals surface area contributed by atoms with Crippen LogP contribution in [0.5, 0.6) is 0 Å². The first-order valence-corrected chi connectivity index (χ1v) is 5.05. The van der Waals surface area contributed by atoms with Gasteiger partial charge in [0.15, 0.2) is 0 Å². The summed E-state index contributed by atoms with van der Waals surface area (Å²) >= 11 is 5.94. The molecule has 0 aliphatic rings. The van der Waals surface area contributed by atoms with E-state index in [9.17, 15) is 4.39 Å². The number of benzene rings is 1. The van der Waals surface area contributed by atoms with Crippen molar-refractivity contribution >= 4 is 11.6 Å². The highest BCUT2D eigenvalue weighted by molar-refractivity contribution is 6.31. The summed E-state index contributed by atoms with van der Waals surface area (Å²) in [7, 11) is 0. The molecule has 0 radical (unpaired) electrons. The van der Waals surface area contributed by atoms with E-state index in [1.54, 1.807) is 6.07 Å². The average molecular weight is 216 g/mol. The Morgan fingerprint density at radius 1 is 1.50 bits per heavy atom. The minimum absolute atomic E-state index is 0.267. The van der Waals surface area contributed by atoms with Crippen molar-refractivity contribution in [2.45, 2.75) is 32.2 Å². The van der Waals surface area contributed by atoms with Gasteiger partial charge in [-0.1, -0.05) is 18.5 Å². The molecule has 1 aromatic carbocycles. The van der Waals surface area contributed by atoms with Crippen LogP contribution in [0.15, 0.2) is 18.2 Å². The zero-order chi connectivity index (χ0) is 10.8. The lowest BCUT2D eigenvalue weighted by Gasteiger charge is -2.23. The number of hydrogen-bond donors (Lipinski definition) is 1. The fraction of sp³-hybridized carbons (Fsp3) is 0.455. The molecule has 3 heteroatoms. The molecule has 0 aromatic heterocycles. The molecular formula is C11H15ClFN. The Morgan fingerprint density at radius 2 is 2.14 bits per heavy atom. The lowest BCUT2D eigenvalue weighted by molar-refractivity contribution is 0.449.